The number of aliphatic carboxylic acids is 1. The van der Waals surface area contributed by atoms with Crippen LogP contribution in [-0.4, -0.2) is 11.1 Å². The summed E-state index contributed by atoms with van der Waals surface area (Å²) in [5, 5.41) is 8.92. The molecule has 4 aliphatic carbocycles. The first kappa shape index (κ1) is 18.4. The van der Waals surface area contributed by atoms with Gasteiger partial charge in [-0.3, -0.25) is 0 Å². The summed E-state index contributed by atoms with van der Waals surface area (Å²) in [5.74, 6) is 8.96. The lowest BCUT2D eigenvalue weighted by Crippen LogP contribution is -2.53. The van der Waals surface area contributed by atoms with E-state index in [-0.39, 0.29) is 5.92 Å². The molecular weight excluding hydrogens is 320 g/mol. The summed E-state index contributed by atoms with van der Waals surface area (Å²) in [6.07, 6.45) is 14.1. The zero-order valence-corrected chi connectivity index (χ0v) is 16.9. The van der Waals surface area contributed by atoms with Crippen molar-refractivity contribution in [3.05, 3.63) is 0 Å². The predicted octanol–water partition coefficient (Wildman–Crippen LogP) is 5.76. The summed E-state index contributed by atoms with van der Waals surface area (Å²) in [6.45, 7) is 7.34. The molecule has 2 heteroatoms. The van der Waals surface area contributed by atoms with E-state index in [0.29, 0.717) is 16.7 Å². The van der Waals surface area contributed by atoms with Crippen molar-refractivity contribution in [2.45, 2.75) is 85.0 Å². The van der Waals surface area contributed by atoms with Gasteiger partial charge < -0.3 is 5.11 Å². The quantitative estimate of drug-likeness (QED) is 0.607. The van der Waals surface area contributed by atoms with Crippen LogP contribution in [0.15, 0.2) is 0 Å². The molecule has 26 heavy (non-hydrogen) atoms. The third-order valence-corrected chi connectivity index (χ3v) is 9.67. The number of rotatable bonds is 1. The van der Waals surface area contributed by atoms with Gasteiger partial charge in [-0.05, 0) is 91.8 Å². The van der Waals surface area contributed by atoms with E-state index in [9.17, 15) is 4.79 Å². The lowest BCUT2D eigenvalue weighted by Gasteiger charge is -2.60. The molecule has 2 nitrogen and oxygen atoms in total. The highest BCUT2D eigenvalue weighted by Gasteiger charge is 2.60. The average molecular weight is 357 g/mol. The van der Waals surface area contributed by atoms with Crippen molar-refractivity contribution < 1.29 is 9.90 Å². The van der Waals surface area contributed by atoms with Gasteiger partial charge in [-0.15, -0.1) is 0 Å². The van der Waals surface area contributed by atoms with Crippen molar-refractivity contribution in [1.82, 2.24) is 0 Å². The molecule has 0 aliphatic heterocycles. The van der Waals surface area contributed by atoms with Crippen LogP contribution >= 0.6 is 0 Å². The predicted molar refractivity (Wildman–Crippen MR) is 104 cm³/mol. The second-order valence-corrected chi connectivity index (χ2v) is 10.5. The molecule has 0 aromatic carbocycles. The Morgan fingerprint density at radius 1 is 0.962 bits per heavy atom. The van der Waals surface area contributed by atoms with Crippen molar-refractivity contribution in [2.24, 2.45) is 46.3 Å². The average Bonchev–Trinajstić information content (AvgIpc) is 2.96. The first-order chi connectivity index (χ1) is 12.4. The van der Waals surface area contributed by atoms with Crippen LogP contribution in [0.25, 0.3) is 0 Å². The first-order valence-corrected chi connectivity index (χ1v) is 11.1. The van der Waals surface area contributed by atoms with E-state index in [1.54, 1.807) is 0 Å². The first-order valence-electron chi connectivity index (χ1n) is 11.1. The highest BCUT2D eigenvalue weighted by Crippen LogP contribution is 2.68. The number of carbonyl (C=O) groups is 1. The molecule has 144 valence electrons. The molecule has 0 aromatic heterocycles. The second kappa shape index (κ2) is 6.57. The smallest absolute Gasteiger partial charge is 0.381 e. The van der Waals surface area contributed by atoms with Gasteiger partial charge >= 0.3 is 5.97 Å². The van der Waals surface area contributed by atoms with Crippen molar-refractivity contribution in [1.29, 1.82) is 0 Å². The van der Waals surface area contributed by atoms with E-state index in [1.807, 2.05) is 0 Å². The zero-order valence-electron chi connectivity index (χ0n) is 16.9. The third kappa shape index (κ3) is 2.73. The maximum absolute atomic E-state index is 10.9. The van der Waals surface area contributed by atoms with Gasteiger partial charge in [-0.25, -0.2) is 4.79 Å². The standard InChI is InChI=1S/C24H36O2/c1-16(7-12-22(25)26)19-10-11-20-18-9-8-17-6-4-5-14-23(17,2)21(18)13-15-24(19,20)3/h16-21H,4-6,8-11,13-15H2,1-3H3,(H,25,26)/t16-,17?,18+,19-,20+,21+,23+,24-/m1/s1. The molecule has 1 unspecified atom stereocenters. The molecular formula is C24H36O2. The Morgan fingerprint density at radius 2 is 1.73 bits per heavy atom. The maximum Gasteiger partial charge on any atom is 0.381 e. The van der Waals surface area contributed by atoms with Gasteiger partial charge in [-0.1, -0.05) is 39.5 Å². The van der Waals surface area contributed by atoms with Gasteiger partial charge in [-0.2, -0.15) is 0 Å². The molecule has 0 aromatic rings. The summed E-state index contributed by atoms with van der Waals surface area (Å²) < 4.78 is 0. The molecule has 0 amide bonds. The Kier molecular flexibility index (Phi) is 4.65. The van der Waals surface area contributed by atoms with Crippen LogP contribution in [0.2, 0.25) is 0 Å². The largest absolute Gasteiger partial charge is 0.472 e. The summed E-state index contributed by atoms with van der Waals surface area (Å²) in [5.41, 5.74) is 0.987. The van der Waals surface area contributed by atoms with E-state index < -0.39 is 5.97 Å². The lowest BCUT2D eigenvalue weighted by molar-refractivity contribution is -0.130. The van der Waals surface area contributed by atoms with Crippen LogP contribution in [-0.2, 0) is 4.79 Å². The minimum absolute atomic E-state index is 0.208. The Labute approximate surface area is 159 Å². The zero-order chi connectivity index (χ0) is 18.5. The molecule has 0 bridgehead atoms. The highest BCUT2D eigenvalue weighted by atomic mass is 16.4. The molecule has 0 spiro atoms. The van der Waals surface area contributed by atoms with Gasteiger partial charge in [0, 0.05) is 11.8 Å². The van der Waals surface area contributed by atoms with Crippen LogP contribution in [0.3, 0.4) is 0 Å². The SMILES string of the molecule is C[C@H](C#CC(=O)O)[C@H]1CC[C@H]2[C@@H]3CCC4CCCC[C@]4(C)[C@H]3CC[C@]12C. The van der Waals surface area contributed by atoms with Crippen molar-refractivity contribution in [3.8, 4) is 11.8 Å². The van der Waals surface area contributed by atoms with Crippen LogP contribution in [0.1, 0.15) is 85.0 Å². The Hall–Kier alpha value is -0.970. The summed E-state index contributed by atoms with van der Waals surface area (Å²) >= 11 is 0. The molecule has 4 rings (SSSR count). The molecule has 4 saturated carbocycles. The Balaban J connectivity index is 1.57. The van der Waals surface area contributed by atoms with Crippen LogP contribution in [0.5, 0.6) is 0 Å². The second-order valence-electron chi connectivity index (χ2n) is 10.5. The van der Waals surface area contributed by atoms with Crippen LogP contribution < -0.4 is 0 Å². The topological polar surface area (TPSA) is 37.3 Å². The van der Waals surface area contributed by atoms with Crippen molar-refractivity contribution >= 4 is 5.97 Å². The van der Waals surface area contributed by atoms with Gasteiger partial charge in [0.05, 0.1) is 0 Å². The summed E-state index contributed by atoms with van der Waals surface area (Å²) in [6, 6.07) is 0. The normalized spacial score (nSPS) is 48.3. The van der Waals surface area contributed by atoms with E-state index in [4.69, 9.17) is 5.11 Å². The Morgan fingerprint density at radius 3 is 2.50 bits per heavy atom. The highest BCUT2D eigenvalue weighted by molar-refractivity contribution is 5.86. The minimum Gasteiger partial charge on any atom is -0.472 e. The Bertz CT molecular complexity index is 628. The third-order valence-electron chi connectivity index (χ3n) is 9.67. The van der Waals surface area contributed by atoms with Crippen molar-refractivity contribution in [3.63, 3.8) is 0 Å². The minimum atomic E-state index is -0.983. The van der Waals surface area contributed by atoms with Gasteiger partial charge in [0.1, 0.15) is 0 Å². The maximum atomic E-state index is 10.9. The molecule has 4 aliphatic rings. The molecule has 0 heterocycles. The van der Waals surface area contributed by atoms with Crippen molar-refractivity contribution in [2.75, 3.05) is 0 Å². The molecule has 8 atom stereocenters. The molecule has 0 radical (unpaired) electrons. The van der Waals surface area contributed by atoms with Crippen LogP contribution in [0.4, 0.5) is 0 Å². The molecule has 0 saturated heterocycles. The lowest BCUT2D eigenvalue weighted by atomic mass is 9.44. The fourth-order valence-corrected chi connectivity index (χ4v) is 8.43. The number of carboxylic acid groups (broad SMARTS) is 1. The summed E-state index contributed by atoms with van der Waals surface area (Å²) in [4.78, 5) is 10.9. The number of carboxylic acids is 1. The fourth-order valence-electron chi connectivity index (χ4n) is 8.43. The van der Waals surface area contributed by atoms with E-state index in [1.165, 1.54) is 64.2 Å². The van der Waals surface area contributed by atoms with E-state index >= 15 is 0 Å². The summed E-state index contributed by atoms with van der Waals surface area (Å²) in [7, 11) is 0. The number of fused-ring (bicyclic) bond motifs is 5. The van der Waals surface area contributed by atoms with E-state index in [0.717, 1.165) is 23.7 Å². The van der Waals surface area contributed by atoms with E-state index in [2.05, 4.69) is 32.6 Å². The molecule has 4 fully saturated rings. The number of hydrogen-bond acceptors (Lipinski definition) is 1. The monoisotopic (exact) mass is 356 g/mol. The van der Waals surface area contributed by atoms with Gasteiger partial charge in [0.2, 0.25) is 0 Å². The van der Waals surface area contributed by atoms with Gasteiger partial charge in [0.25, 0.3) is 0 Å². The number of hydrogen-bond donors (Lipinski definition) is 1. The fraction of sp³-hybridized carbons (Fsp3) is 0.875. The van der Waals surface area contributed by atoms with Crippen LogP contribution in [0, 0.1) is 58.2 Å². The van der Waals surface area contributed by atoms with Gasteiger partial charge in [0.15, 0.2) is 0 Å². The molecule has 1 N–H and O–H groups in total.